The highest BCUT2D eigenvalue weighted by Gasteiger charge is 2.21. The second kappa shape index (κ2) is 5.72. The number of halogens is 2. The van der Waals surface area contributed by atoms with Crippen LogP contribution in [0, 0.1) is 11.6 Å². The van der Waals surface area contributed by atoms with Crippen molar-refractivity contribution in [3.8, 4) is 5.75 Å². The van der Waals surface area contributed by atoms with Crippen LogP contribution in [0.5, 0.6) is 5.75 Å². The van der Waals surface area contributed by atoms with E-state index in [2.05, 4.69) is 5.32 Å². The Bertz CT molecular complexity index is 657. The molecule has 1 aliphatic carbocycles. The summed E-state index contributed by atoms with van der Waals surface area (Å²) in [7, 11) is 1.62. The average Bonchev–Trinajstić information content (AvgIpc) is 2.51. The van der Waals surface area contributed by atoms with E-state index in [4.69, 9.17) is 4.74 Å². The van der Waals surface area contributed by atoms with E-state index in [-0.39, 0.29) is 11.7 Å². The molecule has 0 spiro atoms. The summed E-state index contributed by atoms with van der Waals surface area (Å²) < 4.78 is 32.3. The number of hydrogen-bond acceptors (Lipinski definition) is 2. The van der Waals surface area contributed by atoms with Crippen LogP contribution in [0.1, 0.15) is 30.0 Å². The van der Waals surface area contributed by atoms with Gasteiger partial charge in [-0.25, -0.2) is 8.78 Å². The van der Waals surface area contributed by atoms with Gasteiger partial charge >= 0.3 is 0 Å². The second-order valence-corrected chi connectivity index (χ2v) is 5.28. The third-order valence-electron chi connectivity index (χ3n) is 3.93. The normalized spacial score (nSPS) is 17.2. The molecule has 0 saturated heterocycles. The van der Waals surface area contributed by atoms with Gasteiger partial charge in [0.15, 0.2) is 0 Å². The van der Waals surface area contributed by atoms with E-state index in [0.717, 1.165) is 42.7 Å². The van der Waals surface area contributed by atoms with Crippen molar-refractivity contribution in [1.82, 2.24) is 0 Å². The Morgan fingerprint density at radius 2 is 2.00 bits per heavy atom. The first-order valence-corrected chi connectivity index (χ1v) is 7.06. The van der Waals surface area contributed by atoms with Crippen LogP contribution in [0.4, 0.5) is 14.5 Å². The van der Waals surface area contributed by atoms with Gasteiger partial charge in [0.2, 0.25) is 0 Å². The van der Waals surface area contributed by atoms with Gasteiger partial charge in [0.05, 0.1) is 18.8 Å². The summed E-state index contributed by atoms with van der Waals surface area (Å²) in [4.78, 5) is 0. The van der Waals surface area contributed by atoms with E-state index in [1.165, 1.54) is 11.6 Å². The smallest absolute Gasteiger partial charge is 0.146 e. The van der Waals surface area contributed by atoms with Gasteiger partial charge in [0.25, 0.3) is 0 Å². The van der Waals surface area contributed by atoms with Crippen LogP contribution in [0.3, 0.4) is 0 Å². The van der Waals surface area contributed by atoms with Crippen LogP contribution in [-0.4, -0.2) is 7.11 Å². The Kier molecular flexibility index (Phi) is 3.78. The summed E-state index contributed by atoms with van der Waals surface area (Å²) in [6.45, 7) is 0. The van der Waals surface area contributed by atoms with Crippen LogP contribution in [-0.2, 0) is 6.42 Å². The molecule has 2 nitrogen and oxygen atoms in total. The third-order valence-corrected chi connectivity index (χ3v) is 3.93. The maximum absolute atomic E-state index is 13.8. The van der Waals surface area contributed by atoms with Gasteiger partial charge in [0, 0.05) is 0 Å². The lowest BCUT2D eigenvalue weighted by atomic mass is 9.87. The Morgan fingerprint density at radius 1 is 1.14 bits per heavy atom. The standard InChI is InChI=1S/C17H17F2NO/c1-21-13-7-5-11-3-2-4-16(14(11)10-13)20-17-9-12(18)6-8-15(17)19/h5-10,16,20H,2-4H2,1H3. The third kappa shape index (κ3) is 2.84. The number of rotatable bonds is 3. The number of fused-ring (bicyclic) bond motifs is 1. The van der Waals surface area contributed by atoms with E-state index in [1.807, 2.05) is 18.2 Å². The number of nitrogens with one attached hydrogen (secondary N) is 1. The molecule has 1 unspecified atom stereocenters. The predicted molar refractivity (Wildman–Crippen MR) is 78.7 cm³/mol. The van der Waals surface area contributed by atoms with Crippen molar-refractivity contribution in [2.24, 2.45) is 0 Å². The quantitative estimate of drug-likeness (QED) is 0.900. The first-order chi connectivity index (χ1) is 10.2. The zero-order valence-electron chi connectivity index (χ0n) is 11.8. The molecule has 21 heavy (non-hydrogen) atoms. The van der Waals surface area contributed by atoms with Gasteiger partial charge in [-0.05, 0) is 60.7 Å². The highest BCUT2D eigenvalue weighted by atomic mass is 19.1. The van der Waals surface area contributed by atoms with Gasteiger partial charge in [-0.15, -0.1) is 0 Å². The average molecular weight is 289 g/mol. The Balaban J connectivity index is 1.92. The Labute approximate surface area is 122 Å². The molecule has 0 heterocycles. The van der Waals surface area contributed by atoms with Crippen molar-refractivity contribution in [2.75, 3.05) is 12.4 Å². The zero-order chi connectivity index (χ0) is 14.8. The molecule has 1 N–H and O–H groups in total. The Morgan fingerprint density at radius 3 is 2.81 bits per heavy atom. The van der Waals surface area contributed by atoms with E-state index < -0.39 is 11.6 Å². The summed E-state index contributed by atoms with van der Waals surface area (Å²) in [5.74, 6) is -0.103. The number of anilines is 1. The summed E-state index contributed by atoms with van der Waals surface area (Å²) in [6, 6.07) is 9.40. The SMILES string of the molecule is COc1ccc2c(c1)C(Nc1cc(F)ccc1F)CCC2. The van der Waals surface area contributed by atoms with Crippen molar-refractivity contribution < 1.29 is 13.5 Å². The number of aryl methyl sites for hydroxylation is 1. The lowest BCUT2D eigenvalue weighted by Crippen LogP contribution is -2.18. The summed E-state index contributed by atoms with van der Waals surface area (Å²) in [5.41, 5.74) is 2.54. The monoisotopic (exact) mass is 289 g/mol. The molecule has 0 saturated carbocycles. The van der Waals surface area contributed by atoms with Gasteiger partial charge < -0.3 is 10.1 Å². The number of methoxy groups -OCH3 is 1. The topological polar surface area (TPSA) is 21.3 Å². The van der Waals surface area contributed by atoms with Gasteiger partial charge in [0.1, 0.15) is 17.4 Å². The molecule has 0 fully saturated rings. The summed E-state index contributed by atoms with van der Waals surface area (Å²) in [6.07, 6.45) is 2.91. The minimum absolute atomic E-state index is 0.0276. The van der Waals surface area contributed by atoms with Crippen LogP contribution in [0.25, 0.3) is 0 Å². The summed E-state index contributed by atoms with van der Waals surface area (Å²) >= 11 is 0. The van der Waals surface area contributed by atoms with Crippen molar-refractivity contribution in [1.29, 1.82) is 0 Å². The fraction of sp³-hybridized carbons (Fsp3) is 0.294. The number of hydrogen-bond donors (Lipinski definition) is 1. The molecule has 3 rings (SSSR count). The molecule has 0 aromatic heterocycles. The van der Waals surface area contributed by atoms with E-state index in [0.29, 0.717) is 0 Å². The largest absolute Gasteiger partial charge is 0.497 e. The van der Waals surface area contributed by atoms with Gasteiger partial charge in [-0.1, -0.05) is 6.07 Å². The minimum Gasteiger partial charge on any atom is -0.497 e. The predicted octanol–water partition coefficient (Wildman–Crippen LogP) is 4.46. The molecule has 1 atom stereocenters. The molecule has 4 heteroatoms. The molecular weight excluding hydrogens is 272 g/mol. The molecule has 0 bridgehead atoms. The number of ether oxygens (including phenoxy) is 1. The van der Waals surface area contributed by atoms with E-state index in [9.17, 15) is 8.78 Å². The van der Waals surface area contributed by atoms with Crippen molar-refractivity contribution >= 4 is 5.69 Å². The van der Waals surface area contributed by atoms with Crippen LogP contribution in [0.15, 0.2) is 36.4 Å². The summed E-state index contributed by atoms with van der Waals surface area (Å²) in [5, 5.41) is 3.13. The first kappa shape index (κ1) is 13.9. The highest BCUT2D eigenvalue weighted by Crippen LogP contribution is 2.35. The second-order valence-electron chi connectivity index (χ2n) is 5.28. The molecular formula is C17H17F2NO. The van der Waals surface area contributed by atoms with Crippen molar-refractivity contribution in [2.45, 2.75) is 25.3 Å². The van der Waals surface area contributed by atoms with Crippen LogP contribution in [0.2, 0.25) is 0 Å². The fourth-order valence-electron chi connectivity index (χ4n) is 2.85. The highest BCUT2D eigenvalue weighted by molar-refractivity contribution is 5.49. The zero-order valence-corrected chi connectivity index (χ0v) is 11.8. The molecule has 0 aliphatic heterocycles. The van der Waals surface area contributed by atoms with Gasteiger partial charge in [-0.2, -0.15) is 0 Å². The van der Waals surface area contributed by atoms with Crippen molar-refractivity contribution in [3.05, 3.63) is 59.2 Å². The molecule has 0 radical (unpaired) electrons. The maximum Gasteiger partial charge on any atom is 0.146 e. The molecule has 1 aliphatic rings. The molecule has 110 valence electrons. The number of benzene rings is 2. The lowest BCUT2D eigenvalue weighted by Gasteiger charge is -2.28. The van der Waals surface area contributed by atoms with E-state index in [1.54, 1.807) is 7.11 Å². The van der Waals surface area contributed by atoms with Gasteiger partial charge in [-0.3, -0.25) is 0 Å². The molecule has 0 amide bonds. The minimum atomic E-state index is -0.444. The van der Waals surface area contributed by atoms with E-state index >= 15 is 0 Å². The lowest BCUT2D eigenvalue weighted by molar-refractivity contribution is 0.413. The van der Waals surface area contributed by atoms with Crippen LogP contribution >= 0.6 is 0 Å². The maximum atomic E-state index is 13.8. The molecule has 2 aromatic rings. The molecule has 2 aromatic carbocycles. The first-order valence-electron chi connectivity index (χ1n) is 7.06. The van der Waals surface area contributed by atoms with Crippen LogP contribution < -0.4 is 10.1 Å². The Hall–Kier alpha value is -2.10. The fourth-order valence-corrected chi connectivity index (χ4v) is 2.85. The van der Waals surface area contributed by atoms with Crippen molar-refractivity contribution in [3.63, 3.8) is 0 Å².